The number of aromatic nitrogens is 5. The number of rotatable bonds is 3. The van der Waals surface area contributed by atoms with Crippen LogP contribution in [0.25, 0.3) is 11.2 Å². The van der Waals surface area contributed by atoms with Crippen LogP contribution in [0.2, 0.25) is 5.02 Å². The molecular weight excluding hydrogens is 264 g/mol. The van der Waals surface area contributed by atoms with Crippen molar-refractivity contribution in [1.29, 1.82) is 0 Å². The number of nitrogens with one attached hydrogen (secondary N) is 1. The van der Waals surface area contributed by atoms with Crippen molar-refractivity contribution in [3.63, 3.8) is 0 Å². The molecule has 3 rings (SSSR count). The quantitative estimate of drug-likeness (QED) is 0.795. The van der Waals surface area contributed by atoms with Gasteiger partial charge in [-0.05, 0) is 25.1 Å². The third-order valence-electron chi connectivity index (χ3n) is 2.69. The first kappa shape index (κ1) is 11.9. The first-order valence-electron chi connectivity index (χ1n) is 5.84. The first-order chi connectivity index (χ1) is 9.28. The van der Waals surface area contributed by atoms with Gasteiger partial charge >= 0.3 is 0 Å². The summed E-state index contributed by atoms with van der Waals surface area (Å²) in [5.74, 6) is 0.618. The van der Waals surface area contributed by atoms with Gasteiger partial charge in [0.1, 0.15) is 6.33 Å². The number of anilines is 2. The molecular formula is C12H11ClN6. The lowest BCUT2D eigenvalue weighted by Gasteiger charge is -2.05. The number of aryl methyl sites for hydroxylation is 1. The van der Waals surface area contributed by atoms with Gasteiger partial charge in [0.05, 0.1) is 0 Å². The van der Waals surface area contributed by atoms with E-state index in [1.165, 1.54) is 6.33 Å². The van der Waals surface area contributed by atoms with Gasteiger partial charge in [-0.1, -0.05) is 22.9 Å². The van der Waals surface area contributed by atoms with E-state index in [4.69, 9.17) is 11.6 Å². The van der Waals surface area contributed by atoms with E-state index in [0.29, 0.717) is 28.5 Å². The van der Waals surface area contributed by atoms with Gasteiger partial charge in [0, 0.05) is 17.3 Å². The van der Waals surface area contributed by atoms with Gasteiger partial charge in [-0.15, -0.1) is 5.10 Å². The Morgan fingerprint density at radius 1 is 1.32 bits per heavy atom. The van der Waals surface area contributed by atoms with Crippen molar-refractivity contribution in [1.82, 2.24) is 25.0 Å². The fraction of sp³-hybridized carbons (Fsp3) is 0.167. The average molecular weight is 275 g/mol. The van der Waals surface area contributed by atoms with Crippen LogP contribution < -0.4 is 5.32 Å². The summed E-state index contributed by atoms with van der Waals surface area (Å²) in [4.78, 5) is 8.39. The minimum atomic E-state index is 0.618. The van der Waals surface area contributed by atoms with Crippen molar-refractivity contribution in [2.24, 2.45) is 0 Å². The second kappa shape index (κ2) is 4.81. The van der Waals surface area contributed by atoms with Crippen LogP contribution in [0.3, 0.4) is 0 Å². The minimum absolute atomic E-state index is 0.618. The number of halogens is 1. The molecule has 2 heterocycles. The summed E-state index contributed by atoms with van der Waals surface area (Å²) in [5, 5.41) is 12.0. The molecule has 0 saturated carbocycles. The van der Waals surface area contributed by atoms with Crippen molar-refractivity contribution >= 4 is 34.3 Å². The maximum Gasteiger partial charge on any atom is 0.183 e. The Labute approximate surface area is 114 Å². The lowest BCUT2D eigenvalue weighted by atomic mass is 10.3. The summed E-state index contributed by atoms with van der Waals surface area (Å²) in [6.45, 7) is 2.70. The van der Waals surface area contributed by atoms with E-state index in [1.807, 2.05) is 31.2 Å². The molecule has 3 aromatic rings. The molecule has 0 spiro atoms. The zero-order valence-corrected chi connectivity index (χ0v) is 11.0. The molecule has 19 heavy (non-hydrogen) atoms. The number of hydrogen-bond acceptors (Lipinski definition) is 5. The highest BCUT2D eigenvalue weighted by atomic mass is 35.5. The molecule has 0 radical (unpaired) electrons. The summed E-state index contributed by atoms with van der Waals surface area (Å²) in [7, 11) is 0. The maximum absolute atomic E-state index is 5.95. The summed E-state index contributed by atoms with van der Waals surface area (Å²) < 4.78 is 1.72. The fourth-order valence-corrected chi connectivity index (χ4v) is 1.99. The Bertz CT molecular complexity index is 723. The Morgan fingerprint density at radius 3 is 3.00 bits per heavy atom. The Kier molecular flexibility index (Phi) is 3.00. The number of nitrogens with zero attached hydrogens (tertiary/aromatic N) is 5. The van der Waals surface area contributed by atoms with Gasteiger partial charge in [-0.25, -0.2) is 14.6 Å². The SMILES string of the molecule is CCn1nnc2c(Nc3cccc(Cl)c3)ncnc21. The van der Waals surface area contributed by atoms with Crippen molar-refractivity contribution in [3.8, 4) is 0 Å². The molecule has 2 aromatic heterocycles. The van der Waals surface area contributed by atoms with E-state index in [1.54, 1.807) is 4.68 Å². The summed E-state index contributed by atoms with van der Waals surface area (Å²) in [6, 6.07) is 7.41. The molecule has 0 fully saturated rings. The van der Waals surface area contributed by atoms with Crippen LogP contribution in [0.1, 0.15) is 6.92 Å². The third kappa shape index (κ3) is 2.22. The highest BCUT2D eigenvalue weighted by Gasteiger charge is 2.10. The van der Waals surface area contributed by atoms with E-state index in [2.05, 4.69) is 25.6 Å². The zero-order valence-electron chi connectivity index (χ0n) is 10.2. The molecule has 1 N–H and O–H groups in total. The van der Waals surface area contributed by atoms with Crippen molar-refractivity contribution in [2.45, 2.75) is 13.5 Å². The molecule has 0 aliphatic rings. The monoisotopic (exact) mass is 274 g/mol. The fourth-order valence-electron chi connectivity index (χ4n) is 1.80. The van der Waals surface area contributed by atoms with E-state index >= 15 is 0 Å². The van der Waals surface area contributed by atoms with Crippen LogP contribution in [-0.2, 0) is 6.54 Å². The van der Waals surface area contributed by atoms with Crippen molar-refractivity contribution in [2.75, 3.05) is 5.32 Å². The molecule has 0 unspecified atom stereocenters. The predicted octanol–water partition coefficient (Wildman–Crippen LogP) is 2.64. The standard InChI is InChI=1S/C12H11ClN6/c1-2-19-12-10(17-18-19)11(14-7-15-12)16-9-5-3-4-8(13)6-9/h3-7H,2H2,1H3,(H,14,15,16). The third-order valence-corrected chi connectivity index (χ3v) is 2.92. The lowest BCUT2D eigenvalue weighted by molar-refractivity contribution is 0.641. The van der Waals surface area contributed by atoms with Gasteiger partial charge in [-0.3, -0.25) is 0 Å². The molecule has 0 amide bonds. The molecule has 1 aromatic carbocycles. The molecule has 6 nitrogen and oxygen atoms in total. The van der Waals surface area contributed by atoms with E-state index in [9.17, 15) is 0 Å². The van der Waals surface area contributed by atoms with Gasteiger partial charge in [0.2, 0.25) is 0 Å². The Hall–Kier alpha value is -2.21. The van der Waals surface area contributed by atoms with Crippen molar-refractivity contribution in [3.05, 3.63) is 35.6 Å². The topological polar surface area (TPSA) is 68.5 Å². The summed E-state index contributed by atoms with van der Waals surface area (Å²) in [5.41, 5.74) is 2.20. The lowest BCUT2D eigenvalue weighted by Crippen LogP contribution is -1.99. The molecule has 0 atom stereocenters. The second-order valence-corrected chi connectivity index (χ2v) is 4.37. The summed E-state index contributed by atoms with van der Waals surface area (Å²) in [6.07, 6.45) is 1.49. The highest BCUT2D eigenvalue weighted by molar-refractivity contribution is 6.30. The van der Waals surface area contributed by atoms with Gasteiger partial charge in [0.15, 0.2) is 17.0 Å². The van der Waals surface area contributed by atoms with Crippen LogP contribution in [-0.4, -0.2) is 25.0 Å². The second-order valence-electron chi connectivity index (χ2n) is 3.94. The van der Waals surface area contributed by atoms with E-state index < -0.39 is 0 Å². The number of benzene rings is 1. The predicted molar refractivity (Wildman–Crippen MR) is 73.5 cm³/mol. The van der Waals surface area contributed by atoms with Gasteiger partial charge in [0.25, 0.3) is 0 Å². The van der Waals surface area contributed by atoms with Crippen LogP contribution in [0.15, 0.2) is 30.6 Å². The smallest absolute Gasteiger partial charge is 0.183 e. The highest BCUT2D eigenvalue weighted by Crippen LogP contribution is 2.22. The maximum atomic E-state index is 5.95. The minimum Gasteiger partial charge on any atom is -0.338 e. The first-order valence-corrected chi connectivity index (χ1v) is 6.22. The number of hydrogen-bond donors (Lipinski definition) is 1. The van der Waals surface area contributed by atoms with Crippen LogP contribution in [0, 0.1) is 0 Å². The zero-order chi connectivity index (χ0) is 13.2. The largest absolute Gasteiger partial charge is 0.338 e. The molecule has 0 bridgehead atoms. The normalized spacial score (nSPS) is 10.8. The van der Waals surface area contributed by atoms with Gasteiger partial charge < -0.3 is 5.32 Å². The molecule has 0 saturated heterocycles. The van der Waals surface area contributed by atoms with Crippen molar-refractivity contribution < 1.29 is 0 Å². The average Bonchev–Trinajstić information content (AvgIpc) is 2.83. The Balaban J connectivity index is 2.03. The number of fused-ring (bicyclic) bond motifs is 1. The molecule has 0 aliphatic carbocycles. The van der Waals surface area contributed by atoms with E-state index in [-0.39, 0.29) is 0 Å². The molecule has 96 valence electrons. The molecule has 7 heteroatoms. The Morgan fingerprint density at radius 2 is 2.21 bits per heavy atom. The van der Waals surface area contributed by atoms with Crippen LogP contribution >= 0.6 is 11.6 Å². The van der Waals surface area contributed by atoms with Crippen LogP contribution in [0.4, 0.5) is 11.5 Å². The summed E-state index contributed by atoms with van der Waals surface area (Å²) >= 11 is 5.95. The van der Waals surface area contributed by atoms with Crippen LogP contribution in [0.5, 0.6) is 0 Å². The molecule has 0 aliphatic heterocycles. The van der Waals surface area contributed by atoms with E-state index in [0.717, 1.165) is 5.69 Å². The van der Waals surface area contributed by atoms with Gasteiger partial charge in [-0.2, -0.15) is 0 Å².